The van der Waals surface area contributed by atoms with Gasteiger partial charge in [-0.05, 0) is 0 Å². The first-order chi connectivity index (χ1) is 8.21. The van der Waals surface area contributed by atoms with Crippen molar-refractivity contribution in [3.8, 4) is 0 Å². The van der Waals surface area contributed by atoms with Crippen LogP contribution in [-0.2, 0) is 49.3 Å². The number of hydrogen-bond donors (Lipinski definition) is 0. The molecule has 0 unspecified atom stereocenters. The predicted octanol–water partition coefficient (Wildman–Crippen LogP) is 2.73. The van der Waals surface area contributed by atoms with E-state index in [0.29, 0.717) is 0 Å². The summed E-state index contributed by atoms with van der Waals surface area (Å²) in [5, 5.41) is 0. The Morgan fingerprint density at radius 2 is 1.00 bits per heavy atom. The van der Waals surface area contributed by atoms with E-state index in [0.717, 1.165) is 30.2 Å². The molecule has 17 heavy (non-hydrogen) atoms. The molecule has 0 N–H and O–H groups in total. The molecule has 84 valence electrons. The Hall–Kier alpha value is -0.181. The van der Waals surface area contributed by atoms with Gasteiger partial charge in [-0.3, -0.25) is 0 Å². The van der Waals surface area contributed by atoms with E-state index in [-0.39, 0.29) is 0 Å². The molecular formula is C12H10O2STi2. The molecule has 0 aromatic heterocycles. The quantitative estimate of drug-likeness (QED) is 0.799. The predicted molar refractivity (Wildman–Crippen MR) is 58.2 cm³/mol. The van der Waals surface area contributed by atoms with Crippen LogP contribution in [0.4, 0.5) is 0 Å². The SMILES string of the molecule is O=[S](=[Ti])(c1ccccc1)c1ccccc1.[O]=[Ti]. The van der Waals surface area contributed by atoms with Gasteiger partial charge in [0.2, 0.25) is 0 Å². The maximum atomic E-state index is 12.6. The van der Waals surface area contributed by atoms with E-state index in [4.69, 9.17) is 3.32 Å². The monoisotopic (exact) mass is 314 g/mol. The fraction of sp³-hybridized carbons (Fsp3) is 0. The van der Waals surface area contributed by atoms with Gasteiger partial charge in [-0.15, -0.1) is 0 Å². The fourth-order valence-electron chi connectivity index (χ4n) is 1.36. The summed E-state index contributed by atoms with van der Waals surface area (Å²) < 4.78 is 20.8. The van der Waals surface area contributed by atoms with Crippen molar-refractivity contribution in [1.29, 1.82) is 0 Å². The fourth-order valence-corrected chi connectivity index (χ4v) is 3.99. The van der Waals surface area contributed by atoms with Crippen LogP contribution in [0, 0.1) is 0 Å². The minimum absolute atomic E-state index is 0.750. The van der Waals surface area contributed by atoms with Crippen molar-refractivity contribution in [2.24, 2.45) is 0 Å². The Balaban J connectivity index is 0.000000686. The van der Waals surface area contributed by atoms with Crippen LogP contribution in [-0.4, -0.2) is 4.21 Å². The second-order valence-electron chi connectivity index (χ2n) is 3.18. The van der Waals surface area contributed by atoms with Crippen molar-refractivity contribution in [3.05, 3.63) is 60.7 Å². The molecule has 2 aromatic rings. The molecule has 0 fully saturated rings. The van der Waals surface area contributed by atoms with E-state index in [1.54, 1.807) is 18.6 Å². The van der Waals surface area contributed by atoms with Gasteiger partial charge < -0.3 is 0 Å². The minimum atomic E-state index is -2.09. The zero-order valence-electron chi connectivity index (χ0n) is 9.00. The molecular weight excluding hydrogens is 304 g/mol. The van der Waals surface area contributed by atoms with Crippen molar-refractivity contribution in [2.75, 3.05) is 0 Å². The third kappa shape index (κ3) is 3.90. The Bertz CT molecular complexity index is 508. The summed E-state index contributed by atoms with van der Waals surface area (Å²) in [4.78, 5) is 1.77. The van der Waals surface area contributed by atoms with Crippen molar-refractivity contribution in [2.45, 2.75) is 9.79 Å². The van der Waals surface area contributed by atoms with E-state index in [9.17, 15) is 4.21 Å². The summed E-state index contributed by atoms with van der Waals surface area (Å²) >= 11 is 2.54. The molecule has 0 saturated heterocycles. The molecule has 0 radical (unpaired) electrons. The average Bonchev–Trinajstić information content (AvgIpc) is 2.43. The molecule has 0 bridgehead atoms. The van der Waals surface area contributed by atoms with Crippen LogP contribution in [0.15, 0.2) is 70.5 Å². The van der Waals surface area contributed by atoms with Gasteiger partial charge in [-0.1, -0.05) is 0 Å². The third-order valence-corrected chi connectivity index (χ3v) is 6.23. The van der Waals surface area contributed by atoms with Crippen molar-refractivity contribution < 1.29 is 46.5 Å². The first-order valence-corrected chi connectivity index (χ1v) is 8.91. The third-order valence-electron chi connectivity index (χ3n) is 2.15. The molecule has 0 spiro atoms. The van der Waals surface area contributed by atoms with Crippen LogP contribution in [0.3, 0.4) is 0 Å². The Kier molecular flexibility index (Phi) is 6.39. The van der Waals surface area contributed by atoms with Crippen molar-refractivity contribution in [3.63, 3.8) is 0 Å². The van der Waals surface area contributed by atoms with Crippen molar-refractivity contribution in [1.82, 2.24) is 0 Å². The first-order valence-electron chi connectivity index (χ1n) is 4.80. The van der Waals surface area contributed by atoms with Gasteiger partial charge in [0.25, 0.3) is 0 Å². The van der Waals surface area contributed by atoms with Crippen LogP contribution < -0.4 is 0 Å². The molecule has 0 atom stereocenters. The molecule has 2 rings (SSSR count). The molecule has 5 heteroatoms. The zero-order chi connectivity index (χ0) is 12.7. The van der Waals surface area contributed by atoms with Gasteiger partial charge in [0.15, 0.2) is 0 Å². The molecule has 0 aliphatic heterocycles. The Morgan fingerprint density at radius 1 is 0.706 bits per heavy atom. The van der Waals surface area contributed by atoms with E-state index < -0.39 is 7.00 Å². The summed E-state index contributed by atoms with van der Waals surface area (Å²) in [6.45, 7) is 0. The molecule has 0 amide bonds. The summed E-state index contributed by atoms with van der Waals surface area (Å²) in [7, 11) is -2.09. The molecule has 0 aliphatic rings. The van der Waals surface area contributed by atoms with Gasteiger partial charge in [0.1, 0.15) is 0 Å². The van der Waals surface area contributed by atoms with Gasteiger partial charge >= 0.3 is 124 Å². The molecule has 2 nitrogen and oxygen atoms in total. The summed E-state index contributed by atoms with van der Waals surface area (Å²) in [5.74, 6) is 0. The number of rotatable bonds is 2. The van der Waals surface area contributed by atoms with Gasteiger partial charge in [-0.2, -0.15) is 0 Å². The molecule has 2 aromatic carbocycles. The molecule has 0 aliphatic carbocycles. The van der Waals surface area contributed by atoms with Crippen LogP contribution in [0.25, 0.3) is 0 Å². The van der Waals surface area contributed by atoms with E-state index >= 15 is 0 Å². The van der Waals surface area contributed by atoms with Crippen LogP contribution >= 0.6 is 0 Å². The topological polar surface area (TPSA) is 34.1 Å². The van der Waals surface area contributed by atoms with Gasteiger partial charge in [0.05, 0.1) is 0 Å². The van der Waals surface area contributed by atoms with Crippen LogP contribution in [0.5, 0.6) is 0 Å². The Morgan fingerprint density at radius 3 is 1.29 bits per heavy atom. The standard InChI is InChI=1S/C12H10OS.O.2Ti/c13-14(11-7-3-1-4-8-11)12-9-5-2-6-10-12;;;/h1-10H;;;. The number of benzene rings is 2. The maximum absolute atomic E-state index is 12.6. The summed E-state index contributed by atoms with van der Waals surface area (Å²) in [6.07, 6.45) is 0. The first kappa shape index (κ1) is 14.9. The average molecular weight is 314 g/mol. The van der Waals surface area contributed by atoms with Gasteiger partial charge in [-0.25, -0.2) is 0 Å². The zero-order valence-corrected chi connectivity index (χ0v) is 12.9. The Labute approximate surface area is 123 Å². The second kappa shape index (κ2) is 7.30. The van der Waals surface area contributed by atoms with Crippen LogP contribution in [0.2, 0.25) is 0 Å². The summed E-state index contributed by atoms with van der Waals surface area (Å²) in [6, 6.07) is 19.2. The number of hydrogen-bond acceptors (Lipinski definition) is 2. The van der Waals surface area contributed by atoms with E-state index in [1.807, 2.05) is 60.7 Å². The molecule has 0 heterocycles. The van der Waals surface area contributed by atoms with E-state index in [2.05, 4.69) is 0 Å². The van der Waals surface area contributed by atoms with Gasteiger partial charge in [0, 0.05) is 0 Å². The normalized spacial score (nSPS) is 10.0. The van der Waals surface area contributed by atoms with E-state index in [1.165, 1.54) is 0 Å². The van der Waals surface area contributed by atoms with Crippen LogP contribution in [0.1, 0.15) is 0 Å². The van der Waals surface area contributed by atoms with Crippen molar-refractivity contribution >= 4 is 7.00 Å². The second-order valence-corrected chi connectivity index (χ2v) is 7.93. The summed E-state index contributed by atoms with van der Waals surface area (Å²) in [5.41, 5.74) is 0. The molecule has 0 saturated carbocycles.